The lowest BCUT2D eigenvalue weighted by molar-refractivity contribution is 0.274. The molecule has 64 valence electrons. The van der Waals surface area contributed by atoms with Crippen molar-refractivity contribution in [2.75, 3.05) is 6.61 Å². The maximum atomic E-state index is 12.5. The van der Waals surface area contributed by atoms with Crippen LogP contribution in [0.1, 0.15) is 17.9 Å². The van der Waals surface area contributed by atoms with Crippen LogP contribution in [-0.2, 0) is 0 Å². The molecule has 1 aliphatic carbocycles. The summed E-state index contributed by atoms with van der Waals surface area (Å²) in [6, 6.07) is 6.55. The highest BCUT2D eigenvalue weighted by Crippen LogP contribution is 2.46. The van der Waals surface area contributed by atoms with Gasteiger partial charge in [0, 0.05) is 6.61 Å². The SMILES string of the molecule is OC[C@H]1C[C@@H]1c1ccc(F)cc1. The standard InChI is InChI=1S/C10H11FO/c11-9-3-1-7(2-4-9)10-5-8(10)6-12/h1-4,8,10,12H,5-6H2/t8-,10-/m1/s1. The van der Waals surface area contributed by atoms with Crippen LogP contribution < -0.4 is 0 Å². The summed E-state index contributed by atoms with van der Waals surface area (Å²) in [7, 11) is 0. The molecule has 2 heteroatoms. The molecular formula is C10H11FO. The molecule has 0 bridgehead atoms. The van der Waals surface area contributed by atoms with Gasteiger partial charge in [0.05, 0.1) is 0 Å². The van der Waals surface area contributed by atoms with E-state index in [1.165, 1.54) is 12.1 Å². The van der Waals surface area contributed by atoms with Gasteiger partial charge in [-0.15, -0.1) is 0 Å². The van der Waals surface area contributed by atoms with Crippen molar-refractivity contribution >= 4 is 0 Å². The van der Waals surface area contributed by atoms with Crippen LogP contribution in [0, 0.1) is 11.7 Å². The van der Waals surface area contributed by atoms with Gasteiger partial charge in [0.25, 0.3) is 0 Å². The van der Waals surface area contributed by atoms with Crippen molar-refractivity contribution in [2.45, 2.75) is 12.3 Å². The summed E-state index contributed by atoms with van der Waals surface area (Å²) in [6.45, 7) is 0.252. The van der Waals surface area contributed by atoms with E-state index in [1.54, 1.807) is 12.1 Å². The average molecular weight is 166 g/mol. The van der Waals surface area contributed by atoms with Gasteiger partial charge in [0.1, 0.15) is 5.82 Å². The van der Waals surface area contributed by atoms with E-state index < -0.39 is 0 Å². The van der Waals surface area contributed by atoms with Crippen LogP contribution in [0.5, 0.6) is 0 Å². The fraction of sp³-hybridized carbons (Fsp3) is 0.400. The van der Waals surface area contributed by atoms with E-state index in [-0.39, 0.29) is 12.4 Å². The third-order valence-electron chi connectivity index (χ3n) is 2.46. The molecule has 1 aliphatic rings. The third kappa shape index (κ3) is 1.34. The van der Waals surface area contributed by atoms with Crippen molar-refractivity contribution in [2.24, 2.45) is 5.92 Å². The summed E-state index contributed by atoms with van der Waals surface area (Å²) in [5, 5.41) is 8.82. The fourth-order valence-electron chi connectivity index (χ4n) is 1.57. The molecule has 0 amide bonds. The second-order valence-corrected chi connectivity index (χ2v) is 3.34. The number of rotatable bonds is 2. The maximum Gasteiger partial charge on any atom is 0.123 e. The molecular weight excluding hydrogens is 155 g/mol. The Morgan fingerprint density at radius 2 is 2.00 bits per heavy atom. The van der Waals surface area contributed by atoms with Crippen LogP contribution in [0.2, 0.25) is 0 Å². The summed E-state index contributed by atoms with van der Waals surface area (Å²) >= 11 is 0. The van der Waals surface area contributed by atoms with Gasteiger partial charge in [-0.25, -0.2) is 4.39 Å². The first-order chi connectivity index (χ1) is 5.81. The van der Waals surface area contributed by atoms with E-state index in [0.29, 0.717) is 11.8 Å². The Bertz CT molecular complexity index is 268. The Kier molecular flexibility index (Phi) is 1.85. The summed E-state index contributed by atoms with van der Waals surface area (Å²) in [5.74, 6) is 0.686. The van der Waals surface area contributed by atoms with Gasteiger partial charge in [0.15, 0.2) is 0 Å². The zero-order valence-corrected chi connectivity index (χ0v) is 6.70. The number of benzene rings is 1. The van der Waals surface area contributed by atoms with E-state index in [0.717, 1.165) is 12.0 Å². The Balaban J connectivity index is 2.10. The lowest BCUT2D eigenvalue weighted by atomic mass is 10.1. The minimum atomic E-state index is -0.194. The van der Waals surface area contributed by atoms with Crippen molar-refractivity contribution in [3.8, 4) is 0 Å². The van der Waals surface area contributed by atoms with Crippen LogP contribution >= 0.6 is 0 Å². The third-order valence-corrected chi connectivity index (χ3v) is 2.46. The second kappa shape index (κ2) is 2.87. The predicted molar refractivity (Wildman–Crippen MR) is 44.3 cm³/mol. The van der Waals surface area contributed by atoms with Crippen molar-refractivity contribution in [3.05, 3.63) is 35.6 Å². The molecule has 0 unspecified atom stereocenters. The molecule has 1 fully saturated rings. The van der Waals surface area contributed by atoms with Crippen molar-refractivity contribution < 1.29 is 9.50 Å². The van der Waals surface area contributed by atoms with Crippen LogP contribution in [-0.4, -0.2) is 11.7 Å². The molecule has 2 atom stereocenters. The highest BCUT2D eigenvalue weighted by atomic mass is 19.1. The highest BCUT2D eigenvalue weighted by Gasteiger charge is 2.37. The predicted octanol–water partition coefficient (Wildman–Crippen LogP) is 1.92. The van der Waals surface area contributed by atoms with E-state index in [1.807, 2.05) is 0 Å². The number of hydrogen-bond donors (Lipinski definition) is 1. The summed E-state index contributed by atoms with van der Waals surface area (Å²) in [4.78, 5) is 0. The van der Waals surface area contributed by atoms with Gasteiger partial charge in [-0.1, -0.05) is 12.1 Å². The zero-order chi connectivity index (χ0) is 8.55. The molecule has 0 heterocycles. The average Bonchev–Trinajstić information content (AvgIpc) is 2.85. The molecule has 1 aromatic carbocycles. The molecule has 2 rings (SSSR count). The van der Waals surface area contributed by atoms with E-state index in [2.05, 4.69) is 0 Å². The minimum Gasteiger partial charge on any atom is -0.396 e. The summed E-state index contributed by atoms with van der Waals surface area (Å²) < 4.78 is 12.5. The number of hydrogen-bond acceptors (Lipinski definition) is 1. The van der Waals surface area contributed by atoms with Crippen LogP contribution in [0.25, 0.3) is 0 Å². The number of halogens is 1. The molecule has 0 radical (unpaired) electrons. The molecule has 1 aromatic rings. The van der Waals surface area contributed by atoms with Gasteiger partial charge in [-0.05, 0) is 36.0 Å². The molecule has 1 saturated carbocycles. The minimum absolute atomic E-state index is 0.194. The Labute approximate surface area is 70.8 Å². The highest BCUT2D eigenvalue weighted by molar-refractivity contribution is 5.26. The lowest BCUT2D eigenvalue weighted by Crippen LogP contribution is -1.88. The molecule has 1 N–H and O–H groups in total. The first kappa shape index (κ1) is 7.74. The normalized spacial score (nSPS) is 27.2. The van der Waals surface area contributed by atoms with Crippen LogP contribution in [0.15, 0.2) is 24.3 Å². The topological polar surface area (TPSA) is 20.2 Å². The van der Waals surface area contributed by atoms with Gasteiger partial charge >= 0.3 is 0 Å². The molecule has 0 spiro atoms. The van der Waals surface area contributed by atoms with Crippen molar-refractivity contribution in [3.63, 3.8) is 0 Å². The molecule has 0 saturated heterocycles. The second-order valence-electron chi connectivity index (χ2n) is 3.34. The van der Waals surface area contributed by atoms with E-state index in [4.69, 9.17) is 5.11 Å². The van der Waals surface area contributed by atoms with Gasteiger partial charge in [-0.2, -0.15) is 0 Å². The van der Waals surface area contributed by atoms with Gasteiger partial charge in [0.2, 0.25) is 0 Å². The summed E-state index contributed by atoms with van der Waals surface area (Å²) in [5.41, 5.74) is 1.15. The first-order valence-electron chi connectivity index (χ1n) is 4.17. The van der Waals surface area contributed by atoms with E-state index >= 15 is 0 Å². The number of aliphatic hydroxyl groups is 1. The van der Waals surface area contributed by atoms with Gasteiger partial charge < -0.3 is 5.11 Å². The monoisotopic (exact) mass is 166 g/mol. The largest absolute Gasteiger partial charge is 0.396 e. The lowest BCUT2D eigenvalue weighted by Gasteiger charge is -1.97. The molecule has 12 heavy (non-hydrogen) atoms. The zero-order valence-electron chi connectivity index (χ0n) is 6.70. The smallest absolute Gasteiger partial charge is 0.123 e. The first-order valence-corrected chi connectivity index (χ1v) is 4.17. The van der Waals surface area contributed by atoms with Crippen molar-refractivity contribution in [1.29, 1.82) is 0 Å². The van der Waals surface area contributed by atoms with Crippen LogP contribution in [0.3, 0.4) is 0 Å². The van der Waals surface area contributed by atoms with E-state index in [9.17, 15) is 4.39 Å². The molecule has 0 aromatic heterocycles. The van der Waals surface area contributed by atoms with Crippen LogP contribution in [0.4, 0.5) is 4.39 Å². The quantitative estimate of drug-likeness (QED) is 0.711. The molecule has 0 aliphatic heterocycles. The Morgan fingerprint density at radius 3 is 2.50 bits per heavy atom. The van der Waals surface area contributed by atoms with Gasteiger partial charge in [-0.3, -0.25) is 0 Å². The summed E-state index contributed by atoms with van der Waals surface area (Å²) in [6.07, 6.45) is 1.04. The fourth-order valence-corrected chi connectivity index (χ4v) is 1.57. The Morgan fingerprint density at radius 1 is 1.33 bits per heavy atom. The Hall–Kier alpha value is -0.890. The number of aliphatic hydroxyl groups excluding tert-OH is 1. The maximum absolute atomic E-state index is 12.5. The molecule has 1 nitrogen and oxygen atoms in total. The van der Waals surface area contributed by atoms with Crippen molar-refractivity contribution in [1.82, 2.24) is 0 Å².